The van der Waals surface area contributed by atoms with E-state index in [0.29, 0.717) is 46.4 Å². The van der Waals surface area contributed by atoms with Gasteiger partial charge in [-0.2, -0.15) is 0 Å². The Morgan fingerprint density at radius 1 is 1.09 bits per heavy atom. The first kappa shape index (κ1) is 22.2. The van der Waals surface area contributed by atoms with Gasteiger partial charge in [0.05, 0.1) is 25.1 Å². The Balaban J connectivity index is 1.73. The molecule has 9 nitrogen and oxygen atoms in total. The summed E-state index contributed by atoms with van der Waals surface area (Å²) in [6.45, 7) is 0.430. The molecule has 0 bridgehead atoms. The van der Waals surface area contributed by atoms with E-state index in [1.54, 1.807) is 27.3 Å². The molecular formula is C22H22F2N6O3. The van der Waals surface area contributed by atoms with Gasteiger partial charge in [-0.05, 0) is 29.8 Å². The summed E-state index contributed by atoms with van der Waals surface area (Å²) in [5, 5.41) is 9.48. The number of nitrogens with one attached hydrogen (secondary N) is 3. The lowest BCUT2D eigenvalue weighted by Crippen LogP contribution is -2.12. The van der Waals surface area contributed by atoms with Gasteiger partial charge in [0.15, 0.2) is 5.65 Å². The number of pyridine rings is 2. The molecule has 4 rings (SSSR count). The van der Waals surface area contributed by atoms with Crippen LogP contribution in [0.25, 0.3) is 11.0 Å². The molecule has 172 valence electrons. The number of H-pyrrole nitrogens is 1. The molecule has 3 aromatic heterocycles. The number of alkyl halides is 2. The molecule has 3 heterocycles. The van der Waals surface area contributed by atoms with E-state index in [1.807, 2.05) is 18.2 Å². The number of rotatable bonds is 8. The molecule has 33 heavy (non-hydrogen) atoms. The molecule has 0 fully saturated rings. The van der Waals surface area contributed by atoms with E-state index in [2.05, 4.69) is 25.7 Å². The summed E-state index contributed by atoms with van der Waals surface area (Å²) in [6.07, 6.45) is -1.50. The molecule has 1 aromatic carbocycles. The van der Waals surface area contributed by atoms with E-state index in [4.69, 9.17) is 9.47 Å². The third-order valence-electron chi connectivity index (χ3n) is 4.95. The highest BCUT2D eigenvalue weighted by Gasteiger charge is 2.16. The Bertz CT molecular complexity index is 1330. The van der Waals surface area contributed by atoms with Crippen molar-refractivity contribution in [1.29, 1.82) is 0 Å². The number of aryl methyl sites for hydroxylation is 1. The van der Waals surface area contributed by atoms with E-state index < -0.39 is 6.43 Å². The van der Waals surface area contributed by atoms with Crippen molar-refractivity contribution < 1.29 is 18.3 Å². The third-order valence-corrected chi connectivity index (χ3v) is 4.95. The zero-order valence-electron chi connectivity index (χ0n) is 18.1. The monoisotopic (exact) mass is 456 g/mol. The van der Waals surface area contributed by atoms with Crippen molar-refractivity contribution in [3.05, 3.63) is 64.1 Å². The number of anilines is 4. The average molecular weight is 456 g/mol. The summed E-state index contributed by atoms with van der Waals surface area (Å²) in [7, 11) is 4.75. The lowest BCUT2D eigenvalue weighted by molar-refractivity contribution is 0.151. The predicted octanol–water partition coefficient (Wildman–Crippen LogP) is 4.24. The molecule has 0 saturated carbocycles. The van der Waals surface area contributed by atoms with Crippen molar-refractivity contribution in [3.8, 4) is 5.75 Å². The molecule has 4 aromatic rings. The van der Waals surface area contributed by atoms with Crippen LogP contribution in [-0.4, -0.2) is 34.0 Å². The van der Waals surface area contributed by atoms with Crippen LogP contribution < -0.4 is 20.9 Å². The zero-order chi connectivity index (χ0) is 23.5. The highest BCUT2D eigenvalue weighted by molar-refractivity contribution is 5.93. The van der Waals surface area contributed by atoms with Gasteiger partial charge in [-0.25, -0.2) is 18.7 Å². The van der Waals surface area contributed by atoms with E-state index in [0.717, 1.165) is 11.8 Å². The highest BCUT2D eigenvalue weighted by Crippen LogP contribution is 2.32. The number of hydrogen-bond acceptors (Lipinski definition) is 7. The number of fused-ring (bicyclic) bond motifs is 1. The number of ether oxygens (including phenoxy) is 2. The minimum absolute atomic E-state index is 0.178. The molecular weight excluding hydrogens is 434 g/mol. The largest absolute Gasteiger partial charge is 0.495 e. The summed E-state index contributed by atoms with van der Waals surface area (Å²) in [4.78, 5) is 21.1. The number of halogens is 2. The van der Waals surface area contributed by atoms with Crippen molar-refractivity contribution in [2.45, 2.75) is 13.0 Å². The zero-order valence-corrected chi connectivity index (χ0v) is 18.1. The summed E-state index contributed by atoms with van der Waals surface area (Å²) >= 11 is 0. The van der Waals surface area contributed by atoms with Gasteiger partial charge in [-0.3, -0.25) is 14.6 Å². The number of aromatic amines is 1. The molecule has 11 heteroatoms. The fraction of sp³-hybridized carbons (Fsp3) is 0.227. The van der Waals surface area contributed by atoms with Crippen molar-refractivity contribution in [1.82, 2.24) is 19.7 Å². The second-order valence-corrected chi connectivity index (χ2v) is 7.25. The van der Waals surface area contributed by atoms with Crippen LogP contribution in [-0.2, 0) is 18.4 Å². The molecule has 0 unspecified atom stereocenters. The third kappa shape index (κ3) is 4.62. The molecule has 0 aliphatic rings. The molecule has 0 atom stereocenters. The number of benzene rings is 1. The Kier molecular flexibility index (Phi) is 6.22. The van der Waals surface area contributed by atoms with Crippen molar-refractivity contribution in [2.75, 3.05) is 24.9 Å². The van der Waals surface area contributed by atoms with Crippen molar-refractivity contribution in [2.24, 2.45) is 7.05 Å². The van der Waals surface area contributed by atoms with Gasteiger partial charge in [0, 0.05) is 32.0 Å². The number of methoxy groups -OCH3 is 2. The Morgan fingerprint density at radius 2 is 1.91 bits per heavy atom. The maximum atomic E-state index is 12.8. The van der Waals surface area contributed by atoms with Crippen LogP contribution in [0.5, 0.6) is 5.75 Å². The normalized spacial score (nSPS) is 11.2. The average Bonchev–Trinajstić information content (AvgIpc) is 3.08. The van der Waals surface area contributed by atoms with E-state index in [9.17, 15) is 13.6 Å². The fourth-order valence-electron chi connectivity index (χ4n) is 3.36. The minimum Gasteiger partial charge on any atom is -0.495 e. The van der Waals surface area contributed by atoms with Gasteiger partial charge in [0.2, 0.25) is 0 Å². The molecule has 3 N–H and O–H groups in total. The van der Waals surface area contributed by atoms with E-state index >= 15 is 0 Å². The molecule has 0 aliphatic heterocycles. The lowest BCUT2D eigenvalue weighted by Gasteiger charge is -2.14. The first-order valence-corrected chi connectivity index (χ1v) is 9.93. The van der Waals surface area contributed by atoms with Crippen LogP contribution in [0.2, 0.25) is 0 Å². The van der Waals surface area contributed by atoms with Crippen molar-refractivity contribution >= 4 is 34.0 Å². The van der Waals surface area contributed by atoms with Crippen LogP contribution in [0.15, 0.2) is 47.4 Å². The fourth-order valence-corrected chi connectivity index (χ4v) is 3.36. The summed E-state index contributed by atoms with van der Waals surface area (Å²) in [5.74, 6) is 1.26. The first-order chi connectivity index (χ1) is 15.9. The Hall–Kier alpha value is -3.99. The number of aromatic nitrogens is 4. The molecule has 0 amide bonds. The minimum atomic E-state index is -2.60. The number of nitrogens with zero attached hydrogens (tertiary/aromatic N) is 3. The van der Waals surface area contributed by atoms with Crippen LogP contribution in [0.1, 0.15) is 17.6 Å². The Labute approximate surface area is 187 Å². The summed E-state index contributed by atoms with van der Waals surface area (Å²) < 4.78 is 37.6. The van der Waals surface area contributed by atoms with Gasteiger partial charge in [0.25, 0.3) is 12.0 Å². The molecule has 0 aliphatic carbocycles. The molecule has 0 spiro atoms. The van der Waals surface area contributed by atoms with E-state index in [-0.39, 0.29) is 11.1 Å². The van der Waals surface area contributed by atoms with Gasteiger partial charge in [-0.15, -0.1) is 0 Å². The van der Waals surface area contributed by atoms with Crippen LogP contribution in [0.3, 0.4) is 0 Å². The summed E-state index contributed by atoms with van der Waals surface area (Å²) in [6, 6.07) is 9.92. The maximum Gasteiger partial charge on any atom is 0.277 e. The van der Waals surface area contributed by atoms with E-state index in [1.165, 1.54) is 16.8 Å². The first-order valence-electron chi connectivity index (χ1n) is 9.93. The standard InChI is InChI=1S/C22H22F2N6O3/c1-30-22(31)19-15(26-14-6-4-12(11-32-2)8-16(14)33-3)9-18(28-21(19)29-30)27-17-7-5-13(10-25-17)20(23)24/h4-10,20H,11H2,1-3H3,(H3,25,26,27,28,29). The topological polar surface area (TPSA) is 106 Å². The van der Waals surface area contributed by atoms with Crippen LogP contribution in [0, 0.1) is 0 Å². The van der Waals surface area contributed by atoms with Crippen LogP contribution >= 0.6 is 0 Å². The SMILES string of the molecule is COCc1ccc(Nc2cc(Nc3ccc(C(F)F)cn3)nc3[nH]n(C)c(=O)c23)c(OC)c1. The maximum absolute atomic E-state index is 12.8. The van der Waals surface area contributed by atoms with Crippen LogP contribution in [0.4, 0.5) is 31.8 Å². The van der Waals surface area contributed by atoms with Gasteiger partial charge >= 0.3 is 0 Å². The quantitative estimate of drug-likeness (QED) is 0.364. The molecule has 0 saturated heterocycles. The van der Waals surface area contributed by atoms with Gasteiger partial charge in [0.1, 0.15) is 22.8 Å². The number of hydrogen-bond donors (Lipinski definition) is 3. The Morgan fingerprint density at radius 3 is 2.58 bits per heavy atom. The highest BCUT2D eigenvalue weighted by atomic mass is 19.3. The van der Waals surface area contributed by atoms with Crippen molar-refractivity contribution in [3.63, 3.8) is 0 Å². The smallest absolute Gasteiger partial charge is 0.277 e. The summed E-state index contributed by atoms with van der Waals surface area (Å²) in [5.41, 5.74) is 1.95. The molecule has 0 radical (unpaired) electrons. The lowest BCUT2D eigenvalue weighted by atomic mass is 10.2. The second kappa shape index (κ2) is 9.25. The van der Waals surface area contributed by atoms with Gasteiger partial charge in [-0.1, -0.05) is 6.07 Å². The second-order valence-electron chi connectivity index (χ2n) is 7.25. The van der Waals surface area contributed by atoms with Gasteiger partial charge < -0.3 is 20.1 Å². The predicted molar refractivity (Wildman–Crippen MR) is 121 cm³/mol.